The molecule has 128 valence electrons. The third kappa shape index (κ3) is 2.66. The third-order valence-corrected chi connectivity index (χ3v) is 5.71. The van der Waals surface area contributed by atoms with Gasteiger partial charge in [0.05, 0.1) is 16.9 Å². The summed E-state index contributed by atoms with van der Waals surface area (Å²) in [4.78, 5) is 17.3. The molecule has 1 atom stereocenters. The highest BCUT2D eigenvalue weighted by Gasteiger charge is 2.35. The number of benzene rings is 1. The van der Waals surface area contributed by atoms with E-state index in [9.17, 15) is 4.79 Å². The first-order chi connectivity index (χ1) is 11.5. The van der Waals surface area contributed by atoms with Crippen molar-refractivity contribution in [3.63, 3.8) is 0 Å². The minimum atomic E-state index is -0.103. The Labute approximate surface area is 147 Å². The molecule has 24 heavy (non-hydrogen) atoms. The molecule has 0 spiro atoms. The first kappa shape index (κ1) is 15.8. The van der Waals surface area contributed by atoms with Crippen molar-refractivity contribution in [1.82, 2.24) is 10.2 Å². The smallest absolute Gasteiger partial charge is 0.255 e. The summed E-state index contributed by atoms with van der Waals surface area (Å²) >= 11 is 6.25. The fraction of sp³-hybridized carbons (Fsp3) is 0.500. The zero-order chi connectivity index (χ0) is 16.8. The van der Waals surface area contributed by atoms with Gasteiger partial charge in [-0.15, -0.1) is 0 Å². The molecule has 5 nitrogen and oxygen atoms in total. The van der Waals surface area contributed by atoms with Gasteiger partial charge < -0.3 is 19.9 Å². The van der Waals surface area contributed by atoms with Crippen LogP contribution in [0.2, 0.25) is 5.02 Å². The summed E-state index contributed by atoms with van der Waals surface area (Å²) in [7, 11) is 1.94. The number of halogens is 1. The summed E-state index contributed by atoms with van der Waals surface area (Å²) < 4.78 is 5.73. The van der Waals surface area contributed by atoms with Gasteiger partial charge in [-0.25, -0.2) is 0 Å². The Morgan fingerprint density at radius 1 is 1.33 bits per heavy atom. The normalized spacial score (nSPS) is 28.0. The van der Waals surface area contributed by atoms with Crippen molar-refractivity contribution in [3.8, 4) is 5.75 Å². The molecule has 1 aromatic rings. The number of anilines is 1. The highest BCUT2D eigenvalue weighted by atomic mass is 35.5. The van der Waals surface area contributed by atoms with Gasteiger partial charge in [-0.05, 0) is 50.9 Å². The van der Waals surface area contributed by atoms with Crippen LogP contribution >= 0.6 is 11.6 Å². The number of hydrogen-bond acceptors (Lipinski definition) is 4. The predicted octanol–water partition coefficient (Wildman–Crippen LogP) is 2.85. The summed E-state index contributed by atoms with van der Waals surface area (Å²) in [6, 6.07) is 3.74. The highest BCUT2D eigenvalue weighted by Crippen LogP contribution is 2.39. The lowest BCUT2D eigenvalue weighted by Gasteiger charge is -2.45. The predicted molar refractivity (Wildman–Crippen MR) is 94.7 cm³/mol. The molecule has 1 amide bonds. The Morgan fingerprint density at radius 3 is 2.75 bits per heavy atom. The number of nitrogens with zero attached hydrogens (tertiary/aromatic N) is 2. The molecular weight excluding hydrogens is 326 g/mol. The van der Waals surface area contributed by atoms with Crippen LogP contribution in [0.25, 0.3) is 0 Å². The van der Waals surface area contributed by atoms with E-state index < -0.39 is 0 Å². The SMILES string of the molecule is CC1=COc2c(C(=O)NC3CN4CCC3CC4)cc(Cl)cc2N1C. The second kappa shape index (κ2) is 5.97. The number of fused-ring (bicyclic) bond motifs is 4. The Hall–Kier alpha value is -1.72. The van der Waals surface area contributed by atoms with Crippen molar-refractivity contribution in [3.05, 3.63) is 34.7 Å². The second-order valence-corrected chi connectivity index (χ2v) is 7.39. The highest BCUT2D eigenvalue weighted by molar-refractivity contribution is 6.31. The maximum Gasteiger partial charge on any atom is 0.255 e. The molecule has 1 N–H and O–H groups in total. The molecule has 5 rings (SSSR count). The Morgan fingerprint density at radius 2 is 2.08 bits per heavy atom. The van der Waals surface area contributed by atoms with Crippen molar-refractivity contribution >= 4 is 23.2 Å². The van der Waals surface area contributed by atoms with Crippen LogP contribution < -0.4 is 15.0 Å². The number of piperidine rings is 3. The fourth-order valence-corrected chi connectivity index (χ4v) is 4.12. The van der Waals surface area contributed by atoms with Crippen molar-refractivity contribution in [2.24, 2.45) is 5.92 Å². The number of nitrogens with one attached hydrogen (secondary N) is 1. The molecular formula is C18H22ClN3O2. The fourth-order valence-electron chi connectivity index (χ4n) is 3.91. The number of amides is 1. The number of ether oxygens (including phenoxy) is 1. The molecule has 4 aliphatic heterocycles. The lowest BCUT2D eigenvalue weighted by atomic mass is 9.84. The molecule has 6 heteroatoms. The lowest BCUT2D eigenvalue weighted by molar-refractivity contribution is 0.0619. The van der Waals surface area contributed by atoms with Gasteiger partial charge in [0, 0.05) is 24.7 Å². The van der Waals surface area contributed by atoms with E-state index in [0.29, 0.717) is 22.3 Å². The molecule has 2 bridgehead atoms. The van der Waals surface area contributed by atoms with Gasteiger partial charge in [-0.2, -0.15) is 0 Å². The molecule has 3 saturated heterocycles. The average molecular weight is 348 g/mol. The van der Waals surface area contributed by atoms with Gasteiger partial charge in [0.15, 0.2) is 5.75 Å². The van der Waals surface area contributed by atoms with Gasteiger partial charge in [0.2, 0.25) is 0 Å². The molecule has 1 unspecified atom stereocenters. The maximum atomic E-state index is 12.9. The van der Waals surface area contributed by atoms with Crippen LogP contribution in [0.5, 0.6) is 5.75 Å². The third-order valence-electron chi connectivity index (χ3n) is 5.49. The lowest BCUT2D eigenvalue weighted by Crippen LogP contribution is -2.57. The number of carbonyl (C=O) groups is 1. The van der Waals surface area contributed by atoms with Crippen LogP contribution in [0.4, 0.5) is 5.69 Å². The topological polar surface area (TPSA) is 44.8 Å². The van der Waals surface area contributed by atoms with E-state index in [0.717, 1.165) is 31.0 Å². The van der Waals surface area contributed by atoms with Crippen LogP contribution in [-0.2, 0) is 0 Å². The largest absolute Gasteiger partial charge is 0.460 e. The minimum absolute atomic E-state index is 0.103. The Kier molecular flexibility index (Phi) is 3.93. The number of rotatable bonds is 2. The average Bonchev–Trinajstić information content (AvgIpc) is 2.59. The van der Waals surface area contributed by atoms with E-state index in [1.807, 2.05) is 24.9 Å². The summed E-state index contributed by atoms with van der Waals surface area (Å²) in [5.41, 5.74) is 2.29. The van der Waals surface area contributed by atoms with Gasteiger partial charge in [0.25, 0.3) is 5.91 Å². The van der Waals surface area contributed by atoms with Gasteiger partial charge in [0.1, 0.15) is 6.26 Å². The van der Waals surface area contributed by atoms with Crippen molar-refractivity contribution in [2.45, 2.75) is 25.8 Å². The standard InChI is InChI=1S/C18H22ClN3O2/c1-11-10-24-17-14(7-13(19)8-16(17)21(11)2)18(23)20-15-9-22-5-3-12(15)4-6-22/h7-8,10,12,15H,3-6,9H2,1-2H3,(H,20,23). The Bertz CT molecular complexity index is 710. The van der Waals surface area contributed by atoms with Gasteiger partial charge >= 0.3 is 0 Å². The maximum absolute atomic E-state index is 12.9. The van der Waals surface area contributed by atoms with Gasteiger partial charge in [-0.1, -0.05) is 11.6 Å². The van der Waals surface area contributed by atoms with Crippen LogP contribution in [-0.4, -0.2) is 43.5 Å². The van der Waals surface area contributed by atoms with E-state index in [2.05, 4.69) is 10.2 Å². The molecule has 0 aliphatic carbocycles. The quantitative estimate of drug-likeness (QED) is 0.893. The zero-order valence-corrected chi connectivity index (χ0v) is 14.8. The number of hydrogen-bond donors (Lipinski definition) is 1. The molecule has 4 heterocycles. The van der Waals surface area contributed by atoms with E-state index in [1.165, 1.54) is 12.8 Å². The van der Waals surface area contributed by atoms with Crippen LogP contribution in [0.15, 0.2) is 24.1 Å². The zero-order valence-electron chi connectivity index (χ0n) is 14.0. The Balaban J connectivity index is 1.61. The number of carbonyl (C=O) groups excluding carboxylic acids is 1. The molecule has 1 aromatic carbocycles. The van der Waals surface area contributed by atoms with E-state index in [4.69, 9.17) is 16.3 Å². The van der Waals surface area contributed by atoms with E-state index in [1.54, 1.807) is 12.3 Å². The molecule has 0 saturated carbocycles. The second-order valence-electron chi connectivity index (χ2n) is 6.96. The van der Waals surface area contributed by atoms with E-state index in [-0.39, 0.29) is 11.9 Å². The molecule has 3 fully saturated rings. The molecule has 0 radical (unpaired) electrons. The summed E-state index contributed by atoms with van der Waals surface area (Å²) in [6.45, 7) is 5.21. The van der Waals surface area contributed by atoms with Crippen molar-refractivity contribution in [1.29, 1.82) is 0 Å². The number of allylic oxidation sites excluding steroid dienone is 1. The van der Waals surface area contributed by atoms with Gasteiger partial charge in [-0.3, -0.25) is 4.79 Å². The van der Waals surface area contributed by atoms with Crippen molar-refractivity contribution in [2.75, 3.05) is 31.6 Å². The van der Waals surface area contributed by atoms with E-state index >= 15 is 0 Å². The molecule has 0 aromatic heterocycles. The van der Waals surface area contributed by atoms with Crippen LogP contribution in [0, 0.1) is 5.92 Å². The summed E-state index contributed by atoms with van der Waals surface area (Å²) in [6.07, 6.45) is 4.00. The minimum Gasteiger partial charge on any atom is -0.460 e. The van der Waals surface area contributed by atoms with Crippen molar-refractivity contribution < 1.29 is 9.53 Å². The summed E-state index contributed by atoms with van der Waals surface area (Å²) in [5.74, 6) is 1.06. The first-order valence-electron chi connectivity index (χ1n) is 8.47. The van der Waals surface area contributed by atoms with Crippen LogP contribution in [0.3, 0.4) is 0 Å². The first-order valence-corrected chi connectivity index (χ1v) is 8.84. The monoisotopic (exact) mass is 347 g/mol. The molecule has 4 aliphatic rings. The van der Waals surface area contributed by atoms with Crippen LogP contribution in [0.1, 0.15) is 30.1 Å². The summed E-state index contributed by atoms with van der Waals surface area (Å²) in [5, 5.41) is 3.75.